The summed E-state index contributed by atoms with van der Waals surface area (Å²) in [6.45, 7) is 2.00. The molecule has 23 heavy (non-hydrogen) atoms. The van der Waals surface area contributed by atoms with Crippen LogP contribution in [0.1, 0.15) is 30.7 Å². The molecule has 0 fully saturated rings. The molecule has 0 saturated carbocycles. The van der Waals surface area contributed by atoms with Crippen molar-refractivity contribution in [2.75, 3.05) is 5.32 Å². The van der Waals surface area contributed by atoms with Crippen LogP contribution in [0.4, 0.5) is 5.13 Å². The number of hydrogen-bond donors (Lipinski definition) is 1. The van der Waals surface area contributed by atoms with Gasteiger partial charge in [-0.25, -0.2) is 0 Å². The normalized spacial score (nSPS) is 10.8. The quantitative estimate of drug-likeness (QED) is 0.704. The summed E-state index contributed by atoms with van der Waals surface area (Å²) in [5, 5.41) is 18.0. The molecule has 1 amide bonds. The van der Waals surface area contributed by atoms with E-state index in [4.69, 9.17) is 4.52 Å². The molecule has 0 atom stereocenters. The predicted molar refractivity (Wildman–Crippen MR) is 88.5 cm³/mol. The lowest BCUT2D eigenvalue weighted by Gasteiger charge is -1.99. The lowest BCUT2D eigenvalue weighted by molar-refractivity contribution is -0.116. The molecule has 3 aromatic rings. The third-order valence-electron chi connectivity index (χ3n) is 3.02. The topological polar surface area (TPSA) is 93.8 Å². The summed E-state index contributed by atoms with van der Waals surface area (Å²) in [6, 6.07) is 3.89. The van der Waals surface area contributed by atoms with Crippen molar-refractivity contribution in [3.63, 3.8) is 0 Å². The molecule has 0 unspecified atom stereocenters. The Hall–Kier alpha value is -2.13. The Bertz CT molecular complexity index is 766. The molecule has 3 aromatic heterocycles. The van der Waals surface area contributed by atoms with Crippen LogP contribution in [0.25, 0.3) is 10.7 Å². The van der Waals surface area contributed by atoms with Gasteiger partial charge in [-0.1, -0.05) is 29.5 Å². The molecule has 3 heterocycles. The Morgan fingerprint density at radius 1 is 1.39 bits per heavy atom. The first-order chi connectivity index (χ1) is 11.2. The fourth-order valence-electron chi connectivity index (χ4n) is 1.89. The van der Waals surface area contributed by atoms with Gasteiger partial charge in [0.1, 0.15) is 5.01 Å². The Morgan fingerprint density at radius 2 is 2.30 bits per heavy atom. The van der Waals surface area contributed by atoms with Crippen LogP contribution in [-0.4, -0.2) is 26.2 Å². The van der Waals surface area contributed by atoms with Crippen molar-refractivity contribution >= 4 is 33.7 Å². The smallest absolute Gasteiger partial charge is 0.226 e. The van der Waals surface area contributed by atoms with Crippen molar-refractivity contribution in [1.82, 2.24) is 20.3 Å². The number of aromatic nitrogens is 4. The third-order valence-corrected chi connectivity index (χ3v) is 4.87. The highest BCUT2D eigenvalue weighted by atomic mass is 32.1. The molecule has 120 valence electrons. The highest BCUT2D eigenvalue weighted by Gasteiger charge is 2.11. The molecule has 0 spiro atoms. The first-order valence-electron chi connectivity index (χ1n) is 7.23. The number of nitrogens with one attached hydrogen (secondary N) is 1. The Labute approximate surface area is 140 Å². The number of rotatable bonds is 7. The number of carbonyl (C=O) groups is 1. The maximum atomic E-state index is 11.9. The average Bonchev–Trinajstić information content (AvgIpc) is 3.28. The van der Waals surface area contributed by atoms with Gasteiger partial charge in [-0.15, -0.1) is 21.5 Å². The summed E-state index contributed by atoms with van der Waals surface area (Å²) in [6.07, 6.45) is 2.40. The number of amides is 1. The number of hydrogen-bond acceptors (Lipinski definition) is 8. The van der Waals surface area contributed by atoms with E-state index in [-0.39, 0.29) is 5.91 Å². The van der Waals surface area contributed by atoms with E-state index in [1.807, 2.05) is 24.4 Å². The van der Waals surface area contributed by atoms with E-state index >= 15 is 0 Å². The van der Waals surface area contributed by atoms with Gasteiger partial charge in [0.15, 0.2) is 0 Å². The zero-order valence-electron chi connectivity index (χ0n) is 12.5. The monoisotopic (exact) mass is 349 g/mol. The Balaban J connectivity index is 1.45. The summed E-state index contributed by atoms with van der Waals surface area (Å²) in [4.78, 5) is 17.2. The van der Waals surface area contributed by atoms with Crippen LogP contribution in [0.3, 0.4) is 0 Å². The predicted octanol–water partition coefficient (Wildman–Crippen LogP) is 3.17. The molecule has 0 aliphatic carbocycles. The number of carbonyl (C=O) groups excluding carboxylic acids is 1. The van der Waals surface area contributed by atoms with E-state index in [0.717, 1.165) is 16.3 Å². The second-order valence-electron chi connectivity index (χ2n) is 4.75. The number of aryl methyl sites for hydroxylation is 2. The SMILES string of the molecule is CCc1nnc(NC(=O)CCCc2nc(-c3cccs3)no2)s1. The van der Waals surface area contributed by atoms with Gasteiger partial charge in [0, 0.05) is 12.8 Å². The van der Waals surface area contributed by atoms with E-state index in [2.05, 4.69) is 25.7 Å². The number of thiophene rings is 1. The third kappa shape index (κ3) is 4.20. The van der Waals surface area contributed by atoms with Gasteiger partial charge in [-0.05, 0) is 24.3 Å². The van der Waals surface area contributed by atoms with Gasteiger partial charge < -0.3 is 9.84 Å². The first kappa shape index (κ1) is 15.8. The van der Waals surface area contributed by atoms with Crippen molar-refractivity contribution in [2.45, 2.75) is 32.6 Å². The lowest BCUT2D eigenvalue weighted by Crippen LogP contribution is -2.11. The van der Waals surface area contributed by atoms with Crippen LogP contribution >= 0.6 is 22.7 Å². The molecular weight excluding hydrogens is 334 g/mol. The van der Waals surface area contributed by atoms with Crippen molar-refractivity contribution in [3.8, 4) is 10.7 Å². The van der Waals surface area contributed by atoms with Crippen LogP contribution in [0.5, 0.6) is 0 Å². The van der Waals surface area contributed by atoms with Gasteiger partial charge in [0.05, 0.1) is 4.88 Å². The summed E-state index contributed by atoms with van der Waals surface area (Å²) >= 11 is 2.96. The summed E-state index contributed by atoms with van der Waals surface area (Å²) in [7, 11) is 0. The molecule has 0 aromatic carbocycles. The van der Waals surface area contributed by atoms with Gasteiger partial charge in [-0.3, -0.25) is 4.79 Å². The minimum atomic E-state index is -0.0817. The van der Waals surface area contributed by atoms with E-state index in [0.29, 0.717) is 36.1 Å². The maximum absolute atomic E-state index is 11.9. The highest BCUT2D eigenvalue weighted by molar-refractivity contribution is 7.15. The molecule has 0 saturated heterocycles. The standard InChI is InChI=1S/C14H15N5O2S2/c1-2-12-17-18-14(23-12)15-10(20)6-3-7-11-16-13(19-21-11)9-5-4-8-22-9/h4-5,8H,2-3,6-7H2,1H3,(H,15,18,20). The highest BCUT2D eigenvalue weighted by Crippen LogP contribution is 2.21. The summed E-state index contributed by atoms with van der Waals surface area (Å²) < 4.78 is 5.20. The van der Waals surface area contributed by atoms with Crippen LogP contribution in [0.2, 0.25) is 0 Å². The van der Waals surface area contributed by atoms with Crippen molar-refractivity contribution in [2.24, 2.45) is 0 Å². The molecule has 1 N–H and O–H groups in total. The van der Waals surface area contributed by atoms with Crippen molar-refractivity contribution in [3.05, 3.63) is 28.4 Å². The molecule has 0 radical (unpaired) electrons. The maximum Gasteiger partial charge on any atom is 0.226 e. The van der Waals surface area contributed by atoms with Crippen LogP contribution < -0.4 is 5.32 Å². The summed E-state index contributed by atoms with van der Waals surface area (Å²) in [5.74, 6) is 1.06. The van der Waals surface area contributed by atoms with E-state index in [1.165, 1.54) is 11.3 Å². The second-order valence-corrected chi connectivity index (χ2v) is 6.76. The van der Waals surface area contributed by atoms with Crippen LogP contribution in [-0.2, 0) is 17.6 Å². The van der Waals surface area contributed by atoms with E-state index in [9.17, 15) is 4.79 Å². The minimum absolute atomic E-state index is 0.0817. The lowest BCUT2D eigenvalue weighted by atomic mass is 10.2. The van der Waals surface area contributed by atoms with Gasteiger partial charge in [0.25, 0.3) is 0 Å². The van der Waals surface area contributed by atoms with Crippen LogP contribution in [0.15, 0.2) is 22.0 Å². The molecule has 0 bridgehead atoms. The van der Waals surface area contributed by atoms with Crippen molar-refractivity contribution in [1.29, 1.82) is 0 Å². The molecule has 3 rings (SSSR count). The van der Waals surface area contributed by atoms with Crippen LogP contribution in [0, 0.1) is 0 Å². The fourth-order valence-corrected chi connectivity index (χ4v) is 3.24. The zero-order valence-corrected chi connectivity index (χ0v) is 14.1. The minimum Gasteiger partial charge on any atom is -0.339 e. The molecular formula is C14H15N5O2S2. The van der Waals surface area contributed by atoms with E-state index in [1.54, 1.807) is 11.3 Å². The molecule has 7 nitrogen and oxygen atoms in total. The molecule has 0 aliphatic rings. The van der Waals surface area contributed by atoms with Gasteiger partial charge in [-0.2, -0.15) is 4.98 Å². The second kappa shape index (κ2) is 7.42. The first-order valence-corrected chi connectivity index (χ1v) is 8.93. The van der Waals surface area contributed by atoms with Crippen molar-refractivity contribution < 1.29 is 9.32 Å². The average molecular weight is 349 g/mol. The van der Waals surface area contributed by atoms with E-state index < -0.39 is 0 Å². The number of nitrogens with zero attached hydrogens (tertiary/aromatic N) is 4. The molecule has 0 aliphatic heterocycles. The number of anilines is 1. The zero-order chi connectivity index (χ0) is 16.1. The van der Waals surface area contributed by atoms with Gasteiger partial charge in [0.2, 0.25) is 22.8 Å². The molecule has 9 heteroatoms. The fraction of sp³-hybridized carbons (Fsp3) is 0.357. The van der Waals surface area contributed by atoms with Gasteiger partial charge >= 0.3 is 0 Å². The Morgan fingerprint density at radius 3 is 3.04 bits per heavy atom. The largest absolute Gasteiger partial charge is 0.339 e. The summed E-state index contributed by atoms with van der Waals surface area (Å²) in [5.41, 5.74) is 0. The Kier molecular flexibility index (Phi) is 5.09.